The summed E-state index contributed by atoms with van der Waals surface area (Å²) in [4.78, 5) is 2.30. The maximum Gasteiger partial charge on any atom is 0.0793 e. The van der Waals surface area contributed by atoms with Gasteiger partial charge < -0.3 is 4.57 Å². The Morgan fingerprint density at radius 1 is 1.40 bits per heavy atom. The Morgan fingerprint density at radius 2 is 2.07 bits per heavy atom. The molecular weight excluding hydrogens is 273 g/mol. The van der Waals surface area contributed by atoms with Crippen LogP contribution < -0.4 is 0 Å². The van der Waals surface area contributed by atoms with E-state index >= 15 is 0 Å². The largest absolute Gasteiger partial charge is 0.327 e. The summed E-state index contributed by atoms with van der Waals surface area (Å²) in [6, 6.07) is 8.68. The van der Waals surface area contributed by atoms with E-state index in [0.29, 0.717) is 6.04 Å². The number of hydrogen-bond donors (Lipinski definition) is 0. The van der Waals surface area contributed by atoms with E-state index in [1.54, 1.807) is 0 Å². The Kier molecular flexibility index (Phi) is 3.65. The number of benzene rings is 1. The second-order valence-electron chi connectivity index (χ2n) is 4.04. The van der Waals surface area contributed by atoms with Crippen LogP contribution in [0.5, 0.6) is 0 Å². The van der Waals surface area contributed by atoms with Crippen molar-refractivity contribution in [1.29, 1.82) is 0 Å². The number of hydrogen-bond acceptors (Lipinski definition) is 2. The molecule has 1 fully saturated rings. The zero-order valence-corrected chi connectivity index (χ0v) is 11.3. The quantitative estimate of drug-likeness (QED) is 0.740. The Morgan fingerprint density at radius 3 is 2.73 bits per heavy atom. The highest BCUT2D eigenvalue weighted by molar-refractivity contribution is 9.10. The fourth-order valence-electron chi connectivity index (χ4n) is 1.99. The van der Waals surface area contributed by atoms with Crippen molar-refractivity contribution in [3.05, 3.63) is 34.3 Å². The van der Waals surface area contributed by atoms with Gasteiger partial charge in [0.05, 0.1) is 7.80 Å². The van der Waals surface area contributed by atoms with Crippen LogP contribution in [0.1, 0.15) is 11.6 Å². The minimum Gasteiger partial charge on any atom is -0.327 e. The summed E-state index contributed by atoms with van der Waals surface area (Å²) >= 11 is 3.43. The van der Waals surface area contributed by atoms with E-state index in [2.05, 4.69) is 52.1 Å². The van der Waals surface area contributed by atoms with E-state index in [0.717, 1.165) is 23.3 Å². The molecule has 0 aromatic heterocycles. The van der Waals surface area contributed by atoms with Crippen LogP contribution in [0.4, 0.5) is 0 Å². The molecule has 0 radical (unpaired) electrons. The topological polar surface area (TPSA) is 20.3 Å². The van der Waals surface area contributed by atoms with Crippen molar-refractivity contribution in [2.24, 2.45) is 0 Å². The van der Waals surface area contributed by atoms with Gasteiger partial charge in [-0.05, 0) is 24.7 Å². The van der Waals surface area contributed by atoms with Crippen molar-refractivity contribution < 1.29 is 4.57 Å². The summed E-state index contributed by atoms with van der Waals surface area (Å²) in [5.74, 6) is 0. The third-order valence-electron chi connectivity index (χ3n) is 2.95. The van der Waals surface area contributed by atoms with Gasteiger partial charge in [-0.25, -0.2) is 0 Å². The van der Waals surface area contributed by atoms with Crippen LogP contribution in [0.3, 0.4) is 0 Å². The summed E-state index contributed by atoms with van der Waals surface area (Å²) in [6.45, 7) is 0.957. The molecule has 1 aliphatic heterocycles. The van der Waals surface area contributed by atoms with Crippen LogP contribution in [0.2, 0.25) is 0 Å². The molecule has 0 amide bonds. The summed E-state index contributed by atoms with van der Waals surface area (Å²) in [5, 5.41) is 0. The first-order valence-corrected chi connectivity index (χ1v) is 7.76. The molecule has 2 atom stereocenters. The van der Waals surface area contributed by atoms with Crippen LogP contribution >= 0.6 is 23.7 Å². The lowest BCUT2D eigenvalue weighted by Gasteiger charge is -2.32. The van der Waals surface area contributed by atoms with Gasteiger partial charge in [-0.3, -0.25) is 4.90 Å². The molecule has 1 aliphatic rings. The Hall–Kier alpha value is -0.110. The van der Waals surface area contributed by atoms with Crippen molar-refractivity contribution in [2.75, 3.05) is 25.9 Å². The summed E-state index contributed by atoms with van der Waals surface area (Å²) in [5.41, 5.74) is 1.28. The average Bonchev–Trinajstić information content (AvgIpc) is 2.23. The van der Waals surface area contributed by atoms with Crippen molar-refractivity contribution in [2.45, 2.75) is 6.04 Å². The first-order chi connectivity index (χ1) is 7.16. The number of nitrogens with zero attached hydrogens (tertiary/aromatic N) is 1. The molecule has 0 saturated carbocycles. The molecule has 4 heteroatoms. The minimum absolute atomic E-state index is 0.346. The third kappa shape index (κ3) is 2.72. The maximum atomic E-state index is 11.6. The van der Waals surface area contributed by atoms with Crippen molar-refractivity contribution in [3.8, 4) is 0 Å². The van der Waals surface area contributed by atoms with E-state index in [1.807, 2.05) is 0 Å². The molecule has 1 aromatic carbocycles. The fraction of sp³-hybridized carbons (Fsp3) is 0.455. The number of rotatable bonds is 1. The van der Waals surface area contributed by atoms with Gasteiger partial charge in [0, 0.05) is 29.4 Å². The Bertz CT molecular complexity index is 365. The maximum absolute atomic E-state index is 11.6. The van der Waals surface area contributed by atoms with Gasteiger partial charge in [0.2, 0.25) is 0 Å². The van der Waals surface area contributed by atoms with Gasteiger partial charge in [-0.2, -0.15) is 0 Å². The predicted molar refractivity (Wildman–Crippen MR) is 68.2 cm³/mol. The summed E-state index contributed by atoms with van der Waals surface area (Å²) in [7, 11) is 0.778. The minimum atomic E-state index is -1.33. The van der Waals surface area contributed by atoms with Crippen molar-refractivity contribution >= 4 is 23.7 Å². The van der Waals surface area contributed by atoms with Crippen LogP contribution in [-0.2, 0) is 4.57 Å². The van der Waals surface area contributed by atoms with Crippen molar-refractivity contribution in [1.82, 2.24) is 4.90 Å². The highest BCUT2D eigenvalue weighted by Crippen LogP contribution is 2.36. The molecule has 0 spiro atoms. The first kappa shape index (κ1) is 11.4. The molecule has 2 unspecified atom stereocenters. The van der Waals surface area contributed by atoms with Crippen LogP contribution in [-0.4, -0.2) is 30.8 Å². The smallest absolute Gasteiger partial charge is 0.0793 e. The zero-order chi connectivity index (χ0) is 10.8. The molecular formula is C11H15BrNOP. The highest BCUT2D eigenvalue weighted by atomic mass is 79.9. The summed E-state index contributed by atoms with van der Waals surface area (Å²) in [6.07, 6.45) is 1.72. The van der Waals surface area contributed by atoms with E-state index in [9.17, 15) is 4.57 Å². The lowest BCUT2D eigenvalue weighted by Crippen LogP contribution is -2.32. The van der Waals surface area contributed by atoms with E-state index in [1.165, 1.54) is 5.56 Å². The molecule has 2 nitrogen and oxygen atoms in total. The van der Waals surface area contributed by atoms with Gasteiger partial charge in [0.1, 0.15) is 0 Å². The molecule has 1 aromatic rings. The molecule has 0 N–H and O–H groups in total. The zero-order valence-electron chi connectivity index (χ0n) is 8.74. The van der Waals surface area contributed by atoms with Gasteiger partial charge in [0.25, 0.3) is 0 Å². The second-order valence-corrected chi connectivity index (χ2v) is 6.94. The average molecular weight is 288 g/mol. The molecule has 82 valence electrons. The van der Waals surface area contributed by atoms with E-state index in [-0.39, 0.29) is 0 Å². The van der Waals surface area contributed by atoms with Crippen LogP contribution in [0.25, 0.3) is 0 Å². The van der Waals surface area contributed by atoms with Crippen LogP contribution in [0, 0.1) is 0 Å². The van der Waals surface area contributed by atoms with Gasteiger partial charge in [-0.15, -0.1) is 0 Å². The van der Waals surface area contributed by atoms with Gasteiger partial charge >= 0.3 is 0 Å². The standard InChI is InChI=1S/C11H15BrNOP/c1-13-6-7-15(14)8-11(13)9-2-4-10(12)5-3-9/h2-5,11,15H,6-8H2,1H3. The molecule has 1 saturated heterocycles. The molecule has 1 heterocycles. The van der Waals surface area contributed by atoms with Gasteiger partial charge in [-0.1, -0.05) is 28.1 Å². The molecule has 2 rings (SSSR count). The van der Waals surface area contributed by atoms with Crippen LogP contribution in [0.15, 0.2) is 28.7 Å². The third-order valence-corrected chi connectivity index (χ3v) is 5.10. The van der Waals surface area contributed by atoms with Gasteiger partial charge in [0.15, 0.2) is 0 Å². The monoisotopic (exact) mass is 287 g/mol. The normalized spacial score (nSPS) is 27.9. The lowest BCUT2D eigenvalue weighted by atomic mass is 10.1. The SMILES string of the molecule is CN1CC[PH](=O)CC1c1ccc(Br)cc1. The lowest BCUT2D eigenvalue weighted by molar-refractivity contribution is 0.268. The Balaban J connectivity index is 2.21. The fourth-order valence-corrected chi connectivity index (χ4v) is 4.04. The van der Waals surface area contributed by atoms with E-state index in [4.69, 9.17) is 0 Å². The second kappa shape index (κ2) is 4.82. The molecule has 0 bridgehead atoms. The highest BCUT2D eigenvalue weighted by Gasteiger charge is 2.24. The van der Waals surface area contributed by atoms with E-state index < -0.39 is 7.80 Å². The molecule has 0 aliphatic carbocycles. The van der Waals surface area contributed by atoms with Crippen molar-refractivity contribution in [3.63, 3.8) is 0 Å². The molecule has 15 heavy (non-hydrogen) atoms. The first-order valence-electron chi connectivity index (χ1n) is 5.14. The predicted octanol–water partition coefficient (Wildman–Crippen LogP) is 3.00. The number of halogens is 1. The summed E-state index contributed by atoms with van der Waals surface area (Å²) < 4.78 is 12.7. The Labute approximate surface area is 99.6 Å².